The molecular formula is C25H20ClNO4. The number of ketones is 1. The highest BCUT2D eigenvalue weighted by atomic mass is 35.5. The van der Waals surface area contributed by atoms with Gasteiger partial charge in [-0.05, 0) is 60.9 Å². The molecule has 1 aliphatic rings. The monoisotopic (exact) mass is 433 g/mol. The third-order valence-corrected chi connectivity index (χ3v) is 5.82. The Bertz CT molecular complexity index is 1230. The smallest absolute Gasteiger partial charge is 0.300 e. The van der Waals surface area contributed by atoms with Gasteiger partial charge in [-0.15, -0.1) is 0 Å². The number of aliphatic hydroxyl groups is 1. The van der Waals surface area contributed by atoms with Gasteiger partial charge in [-0.3, -0.25) is 14.5 Å². The van der Waals surface area contributed by atoms with E-state index in [9.17, 15) is 19.8 Å². The van der Waals surface area contributed by atoms with Crippen molar-refractivity contribution in [3.05, 3.63) is 99.6 Å². The molecular weight excluding hydrogens is 414 g/mol. The SMILES string of the molecule is Cc1cccc(N2C(=O)C(=O)/C(=C(/O)c3cccc(Cl)c3)C2c2ccc(O)cc2)c1C. The number of hydrogen-bond donors (Lipinski definition) is 2. The zero-order valence-corrected chi connectivity index (χ0v) is 17.7. The number of phenols is 1. The Kier molecular flexibility index (Phi) is 5.29. The molecule has 0 bridgehead atoms. The Labute approximate surface area is 184 Å². The highest BCUT2D eigenvalue weighted by Crippen LogP contribution is 2.43. The topological polar surface area (TPSA) is 77.8 Å². The number of amides is 1. The summed E-state index contributed by atoms with van der Waals surface area (Å²) in [6.45, 7) is 3.81. The summed E-state index contributed by atoms with van der Waals surface area (Å²) in [5.41, 5.74) is 3.32. The zero-order chi connectivity index (χ0) is 22.3. The van der Waals surface area contributed by atoms with E-state index >= 15 is 0 Å². The molecule has 2 N–H and O–H groups in total. The number of nitrogens with zero attached hydrogens (tertiary/aromatic N) is 1. The number of aromatic hydroxyl groups is 1. The minimum Gasteiger partial charge on any atom is -0.508 e. The summed E-state index contributed by atoms with van der Waals surface area (Å²) in [4.78, 5) is 27.7. The first kappa shape index (κ1) is 20.7. The number of halogens is 1. The number of aliphatic hydroxyl groups excluding tert-OH is 1. The minimum absolute atomic E-state index is 0.0288. The Morgan fingerprint density at radius 2 is 1.65 bits per heavy atom. The van der Waals surface area contributed by atoms with Crippen LogP contribution in [-0.4, -0.2) is 21.9 Å². The normalized spacial score (nSPS) is 17.9. The van der Waals surface area contributed by atoms with Crippen molar-refractivity contribution in [3.63, 3.8) is 0 Å². The molecule has 5 nitrogen and oxygen atoms in total. The number of anilines is 1. The van der Waals surface area contributed by atoms with Crippen molar-refractivity contribution >= 4 is 34.7 Å². The number of rotatable bonds is 3. The molecule has 156 valence electrons. The van der Waals surface area contributed by atoms with Gasteiger partial charge in [0.2, 0.25) is 0 Å². The van der Waals surface area contributed by atoms with E-state index in [-0.39, 0.29) is 17.1 Å². The molecule has 4 rings (SSSR count). The predicted octanol–water partition coefficient (Wildman–Crippen LogP) is 5.29. The number of Topliss-reactive ketones (excluding diaryl/α,β-unsaturated/α-hetero) is 1. The van der Waals surface area contributed by atoms with E-state index in [0.717, 1.165) is 11.1 Å². The van der Waals surface area contributed by atoms with Crippen LogP contribution in [0.25, 0.3) is 5.76 Å². The second-order valence-electron chi connectivity index (χ2n) is 7.49. The number of benzene rings is 3. The first-order valence-electron chi connectivity index (χ1n) is 9.71. The average molecular weight is 434 g/mol. The molecule has 1 aliphatic heterocycles. The van der Waals surface area contributed by atoms with Crippen LogP contribution in [0.15, 0.2) is 72.3 Å². The molecule has 31 heavy (non-hydrogen) atoms. The van der Waals surface area contributed by atoms with Crippen molar-refractivity contribution in [2.24, 2.45) is 0 Å². The van der Waals surface area contributed by atoms with Gasteiger partial charge in [0, 0.05) is 16.3 Å². The molecule has 0 aromatic heterocycles. The summed E-state index contributed by atoms with van der Waals surface area (Å²) in [5.74, 6) is -1.75. The quantitative estimate of drug-likeness (QED) is 0.334. The van der Waals surface area contributed by atoms with Gasteiger partial charge in [-0.2, -0.15) is 0 Å². The molecule has 0 saturated carbocycles. The Hall–Kier alpha value is -3.57. The maximum absolute atomic E-state index is 13.2. The summed E-state index contributed by atoms with van der Waals surface area (Å²) < 4.78 is 0. The van der Waals surface area contributed by atoms with Crippen LogP contribution in [0.1, 0.15) is 28.3 Å². The molecule has 1 saturated heterocycles. The van der Waals surface area contributed by atoms with Gasteiger partial charge in [0.25, 0.3) is 11.7 Å². The van der Waals surface area contributed by atoms with E-state index in [2.05, 4.69) is 0 Å². The summed E-state index contributed by atoms with van der Waals surface area (Å²) in [7, 11) is 0. The van der Waals surface area contributed by atoms with Crippen molar-refractivity contribution in [2.45, 2.75) is 19.9 Å². The fourth-order valence-corrected chi connectivity index (χ4v) is 4.03. The van der Waals surface area contributed by atoms with Gasteiger partial charge in [0.05, 0.1) is 11.6 Å². The van der Waals surface area contributed by atoms with Crippen LogP contribution in [0.4, 0.5) is 5.69 Å². The van der Waals surface area contributed by atoms with E-state index in [4.69, 9.17) is 11.6 Å². The van der Waals surface area contributed by atoms with E-state index in [1.165, 1.54) is 23.1 Å². The van der Waals surface area contributed by atoms with Gasteiger partial charge in [0.15, 0.2) is 0 Å². The zero-order valence-electron chi connectivity index (χ0n) is 17.0. The summed E-state index contributed by atoms with van der Waals surface area (Å²) in [6, 6.07) is 17.4. The number of hydrogen-bond acceptors (Lipinski definition) is 4. The Balaban J connectivity index is 1.99. The second-order valence-corrected chi connectivity index (χ2v) is 7.93. The number of carbonyl (C=O) groups excluding carboxylic acids is 2. The maximum Gasteiger partial charge on any atom is 0.300 e. The molecule has 1 atom stereocenters. The largest absolute Gasteiger partial charge is 0.508 e. The second kappa shape index (κ2) is 7.93. The fourth-order valence-electron chi connectivity index (χ4n) is 3.84. The summed E-state index contributed by atoms with van der Waals surface area (Å²) >= 11 is 6.07. The molecule has 3 aromatic carbocycles. The highest BCUT2D eigenvalue weighted by Gasteiger charge is 2.47. The van der Waals surface area contributed by atoms with Gasteiger partial charge >= 0.3 is 0 Å². The molecule has 1 unspecified atom stereocenters. The molecule has 1 heterocycles. The van der Waals surface area contributed by atoms with Gasteiger partial charge in [-0.1, -0.05) is 48.0 Å². The minimum atomic E-state index is -0.861. The molecule has 0 aliphatic carbocycles. The van der Waals surface area contributed by atoms with Crippen LogP contribution < -0.4 is 4.90 Å². The molecule has 3 aromatic rings. The van der Waals surface area contributed by atoms with Crippen molar-refractivity contribution < 1.29 is 19.8 Å². The number of phenolic OH excluding ortho intramolecular Hbond substituents is 1. The van der Waals surface area contributed by atoms with Crippen LogP contribution in [0, 0.1) is 13.8 Å². The van der Waals surface area contributed by atoms with Crippen molar-refractivity contribution in [3.8, 4) is 5.75 Å². The number of aryl methyl sites for hydroxylation is 1. The lowest BCUT2D eigenvalue weighted by Gasteiger charge is -2.27. The van der Waals surface area contributed by atoms with Crippen LogP contribution in [-0.2, 0) is 9.59 Å². The van der Waals surface area contributed by atoms with Crippen molar-refractivity contribution in [2.75, 3.05) is 4.90 Å². The third-order valence-electron chi connectivity index (χ3n) is 5.59. The third kappa shape index (κ3) is 3.57. The standard InChI is InChI=1S/C25H20ClNO4/c1-14-5-3-8-20(15(14)2)27-22(16-9-11-19(28)12-10-16)21(24(30)25(27)31)23(29)17-6-4-7-18(26)13-17/h3-13,22,28-29H,1-2H3/b23-21+. The molecule has 1 amide bonds. The van der Waals surface area contributed by atoms with Gasteiger partial charge in [0.1, 0.15) is 11.5 Å². The van der Waals surface area contributed by atoms with E-state index < -0.39 is 17.7 Å². The van der Waals surface area contributed by atoms with Crippen LogP contribution in [0.2, 0.25) is 5.02 Å². The first-order chi connectivity index (χ1) is 14.8. The van der Waals surface area contributed by atoms with Gasteiger partial charge < -0.3 is 10.2 Å². The highest BCUT2D eigenvalue weighted by molar-refractivity contribution is 6.51. The molecule has 1 fully saturated rings. The summed E-state index contributed by atoms with van der Waals surface area (Å²) in [5, 5.41) is 21.2. The lowest BCUT2D eigenvalue weighted by Crippen LogP contribution is -2.30. The fraction of sp³-hybridized carbons (Fsp3) is 0.120. The predicted molar refractivity (Wildman–Crippen MR) is 120 cm³/mol. The average Bonchev–Trinajstić information content (AvgIpc) is 3.01. The van der Waals surface area contributed by atoms with Crippen LogP contribution >= 0.6 is 11.6 Å². The Morgan fingerprint density at radius 1 is 0.968 bits per heavy atom. The molecule has 6 heteroatoms. The molecule has 0 spiro atoms. The maximum atomic E-state index is 13.2. The van der Waals surface area contributed by atoms with Crippen molar-refractivity contribution in [1.82, 2.24) is 0 Å². The Morgan fingerprint density at radius 3 is 2.32 bits per heavy atom. The lowest BCUT2D eigenvalue weighted by molar-refractivity contribution is -0.132. The number of carbonyl (C=O) groups is 2. The van der Waals surface area contributed by atoms with E-state index in [1.807, 2.05) is 26.0 Å². The van der Waals surface area contributed by atoms with Crippen molar-refractivity contribution in [1.29, 1.82) is 0 Å². The summed E-state index contributed by atoms with van der Waals surface area (Å²) in [6.07, 6.45) is 0. The molecule has 0 radical (unpaired) electrons. The van der Waals surface area contributed by atoms with E-state index in [0.29, 0.717) is 21.8 Å². The van der Waals surface area contributed by atoms with Gasteiger partial charge in [-0.25, -0.2) is 0 Å². The van der Waals surface area contributed by atoms with Crippen LogP contribution in [0.5, 0.6) is 5.75 Å². The lowest BCUT2D eigenvalue weighted by atomic mass is 9.94. The first-order valence-corrected chi connectivity index (χ1v) is 10.1. The van der Waals surface area contributed by atoms with E-state index in [1.54, 1.807) is 36.4 Å². The van der Waals surface area contributed by atoms with Crippen LogP contribution in [0.3, 0.4) is 0 Å².